The van der Waals surface area contributed by atoms with E-state index < -0.39 is 23.6 Å². The molecule has 2 aliphatic rings. The fraction of sp³-hybridized carbons (Fsp3) is 0.312. The minimum atomic E-state index is -0.838. The van der Waals surface area contributed by atoms with Gasteiger partial charge < -0.3 is 9.30 Å². The molecule has 21 heavy (non-hydrogen) atoms. The minimum Gasteiger partial charge on any atom is -0.459 e. The summed E-state index contributed by atoms with van der Waals surface area (Å²) in [4.78, 5) is 36.1. The maximum atomic E-state index is 12.7. The average Bonchev–Trinajstić information content (AvgIpc) is 2.76. The summed E-state index contributed by atoms with van der Waals surface area (Å²) in [7, 11) is 1.82. The Labute approximate surface area is 121 Å². The van der Waals surface area contributed by atoms with E-state index in [1.165, 1.54) is 0 Å². The third-order valence-corrected chi connectivity index (χ3v) is 4.41. The summed E-state index contributed by atoms with van der Waals surface area (Å²) in [5, 5.41) is 0. The van der Waals surface area contributed by atoms with Gasteiger partial charge in [0.1, 0.15) is 6.61 Å². The van der Waals surface area contributed by atoms with Gasteiger partial charge in [-0.15, -0.1) is 0 Å². The molecule has 0 saturated carbocycles. The Hall–Kier alpha value is -2.43. The number of aromatic nitrogens is 1. The van der Waals surface area contributed by atoms with Crippen molar-refractivity contribution in [3.8, 4) is 0 Å². The number of Topliss-reactive ketones (excluding diaryl/α,β-unsaturated/α-hetero) is 2. The van der Waals surface area contributed by atoms with Gasteiger partial charge in [0.2, 0.25) is 5.78 Å². The number of nitrogens with zero attached hydrogens (tertiary/aromatic N) is 1. The number of rotatable bonds is 2. The maximum Gasteiger partial charge on any atom is 0.374 e. The highest BCUT2D eigenvalue weighted by atomic mass is 16.5. The molecule has 0 bridgehead atoms. The van der Waals surface area contributed by atoms with Crippen molar-refractivity contribution in [3.05, 3.63) is 35.7 Å². The SMILES string of the molecule is C=Cc1c2c(n(C)c1C=C)CC1C(=O)C(=O)OCC1C2=O. The standard InChI is InChI=1S/C16H15NO4/c1-4-8-11(5-2)17(3)12-6-9-10(14(18)13(8)12)7-21-16(20)15(9)19/h4-5,9-10H,1-2,6-7H2,3H3. The maximum absolute atomic E-state index is 12.7. The molecule has 1 aliphatic carbocycles. The molecule has 0 radical (unpaired) electrons. The van der Waals surface area contributed by atoms with Crippen LogP contribution in [0.4, 0.5) is 0 Å². The summed E-state index contributed by atoms with van der Waals surface area (Å²) in [5.41, 5.74) is 2.86. The van der Waals surface area contributed by atoms with Crippen LogP contribution in [0.5, 0.6) is 0 Å². The Morgan fingerprint density at radius 1 is 1.14 bits per heavy atom. The second-order valence-electron chi connectivity index (χ2n) is 5.33. The molecule has 1 fully saturated rings. The van der Waals surface area contributed by atoms with Crippen molar-refractivity contribution in [1.82, 2.24) is 4.57 Å². The van der Waals surface area contributed by atoms with Gasteiger partial charge in [-0.25, -0.2) is 4.79 Å². The van der Waals surface area contributed by atoms with Gasteiger partial charge in [-0.05, 0) is 12.5 Å². The first-order valence-corrected chi connectivity index (χ1v) is 6.72. The predicted octanol–water partition coefficient (Wildman–Crippen LogP) is 1.41. The average molecular weight is 285 g/mol. The first-order valence-electron chi connectivity index (χ1n) is 6.72. The predicted molar refractivity (Wildman–Crippen MR) is 76.6 cm³/mol. The molecule has 1 aromatic rings. The molecule has 3 rings (SSSR count). The molecule has 0 amide bonds. The normalized spacial score (nSPS) is 24.1. The summed E-state index contributed by atoms with van der Waals surface area (Å²) in [5.74, 6) is -2.79. The second-order valence-corrected chi connectivity index (χ2v) is 5.33. The number of carbonyl (C=O) groups is 3. The highest BCUT2D eigenvalue weighted by Gasteiger charge is 2.48. The molecule has 5 heteroatoms. The van der Waals surface area contributed by atoms with Crippen LogP contribution in [0.25, 0.3) is 12.2 Å². The summed E-state index contributed by atoms with van der Waals surface area (Å²) < 4.78 is 6.67. The van der Waals surface area contributed by atoms with Crippen molar-refractivity contribution in [2.45, 2.75) is 6.42 Å². The molecule has 0 N–H and O–H groups in total. The van der Waals surface area contributed by atoms with Crippen LogP contribution in [0.15, 0.2) is 13.2 Å². The third kappa shape index (κ3) is 1.67. The Morgan fingerprint density at radius 3 is 2.48 bits per heavy atom. The number of ketones is 2. The first kappa shape index (κ1) is 13.5. The molecule has 5 nitrogen and oxygen atoms in total. The number of fused-ring (bicyclic) bond motifs is 2. The second kappa shape index (κ2) is 4.55. The molecule has 0 spiro atoms. The number of hydrogen-bond acceptors (Lipinski definition) is 4. The number of cyclic esters (lactones) is 1. The van der Waals surface area contributed by atoms with E-state index in [0.29, 0.717) is 12.0 Å². The first-order chi connectivity index (χ1) is 10.0. The third-order valence-electron chi connectivity index (χ3n) is 4.41. The molecule has 2 heterocycles. The van der Waals surface area contributed by atoms with Crippen molar-refractivity contribution in [1.29, 1.82) is 0 Å². The molecule has 0 aromatic carbocycles. The van der Waals surface area contributed by atoms with Crippen LogP contribution in [0.2, 0.25) is 0 Å². The Balaban J connectivity index is 2.20. The molecule has 108 valence electrons. The number of carbonyl (C=O) groups excluding carboxylic acids is 3. The fourth-order valence-electron chi connectivity index (χ4n) is 3.32. The molecule has 1 aromatic heterocycles. The van der Waals surface area contributed by atoms with Crippen LogP contribution in [-0.2, 0) is 27.8 Å². The van der Waals surface area contributed by atoms with Gasteiger partial charge in [0.05, 0.1) is 5.92 Å². The Morgan fingerprint density at radius 2 is 1.86 bits per heavy atom. The smallest absolute Gasteiger partial charge is 0.374 e. The zero-order valence-corrected chi connectivity index (χ0v) is 11.7. The van der Waals surface area contributed by atoms with Crippen molar-refractivity contribution < 1.29 is 19.1 Å². The zero-order valence-electron chi connectivity index (χ0n) is 11.7. The molecular formula is C16H15NO4. The van der Waals surface area contributed by atoms with Crippen LogP contribution < -0.4 is 0 Å². The molecule has 1 saturated heterocycles. The van der Waals surface area contributed by atoms with E-state index in [-0.39, 0.29) is 12.4 Å². The summed E-state index contributed by atoms with van der Waals surface area (Å²) in [6, 6.07) is 0. The topological polar surface area (TPSA) is 65.4 Å². The Bertz CT molecular complexity index is 710. The van der Waals surface area contributed by atoms with Crippen LogP contribution in [0, 0.1) is 11.8 Å². The minimum absolute atomic E-state index is 0.0254. The largest absolute Gasteiger partial charge is 0.459 e. The van der Waals surface area contributed by atoms with Gasteiger partial charge in [-0.1, -0.05) is 19.2 Å². The summed E-state index contributed by atoms with van der Waals surface area (Å²) >= 11 is 0. The quantitative estimate of drug-likeness (QED) is 0.608. The lowest BCUT2D eigenvalue weighted by molar-refractivity contribution is -0.162. The highest BCUT2D eigenvalue weighted by molar-refractivity contribution is 6.36. The van der Waals surface area contributed by atoms with Gasteiger partial charge >= 0.3 is 5.97 Å². The highest BCUT2D eigenvalue weighted by Crippen LogP contribution is 2.38. The van der Waals surface area contributed by atoms with Crippen LogP contribution in [-0.4, -0.2) is 28.7 Å². The van der Waals surface area contributed by atoms with E-state index >= 15 is 0 Å². The van der Waals surface area contributed by atoms with Crippen molar-refractivity contribution in [3.63, 3.8) is 0 Å². The molecule has 2 atom stereocenters. The van der Waals surface area contributed by atoms with E-state index in [9.17, 15) is 14.4 Å². The van der Waals surface area contributed by atoms with Crippen LogP contribution in [0.1, 0.15) is 27.3 Å². The number of ether oxygens (including phenoxy) is 1. The fourth-order valence-corrected chi connectivity index (χ4v) is 3.32. The van der Waals surface area contributed by atoms with Crippen LogP contribution in [0.3, 0.4) is 0 Å². The monoisotopic (exact) mass is 285 g/mol. The number of esters is 1. The van der Waals surface area contributed by atoms with E-state index in [2.05, 4.69) is 13.2 Å². The van der Waals surface area contributed by atoms with Crippen molar-refractivity contribution >= 4 is 29.7 Å². The van der Waals surface area contributed by atoms with E-state index in [4.69, 9.17) is 4.74 Å². The van der Waals surface area contributed by atoms with Gasteiger partial charge in [-0.3, -0.25) is 9.59 Å². The van der Waals surface area contributed by atoms with Crippen LogP contribution >= 0.6 is 0 Å². The van der Waals surface area contributed by atoms with Crippen molar-refractivity contribution in [2.75, 3.05) is 6.61 Å². The Kier molecular flexibility index (Phi) is 2.93. The molecule has 1 aliphatic heterocycles. The lowest BCUT2D eigenvalue weighted by Gasteiger charge is -2.32. The number of hydrogen-bond donors (Lipinski definition) is 0. The molecule has 2 unspecified atom stereocenters. The summed E-state index contributed by atoms with van der Waals surface area (Å²) in [6.45, 7) is 7.50. The van der Waals surface area contributed by atoms with Gasteiger partial charge in [0, 0.05) is 35.5 Å². The van der Waals surface area contributed by atoms with E-state index in [0.717, 1.165) is 17.0 Å². The lowest BCUT2D eigenvalue weighted by atomic mass is 9.73. The van der Waals surface area contributed by atoms with Gasteiger partial charge in [0.15, 0.2) is 5.78 Å². The zero-order chi connectivity index (χ0) is 15.3. The van der Waals surface area contributed by atoms with E-state index in [1.54, 1.807) is 12.2 Å². The van der Waals surface area contributed by atoms with Crippen molar-refractivity contribution in [2.24, 2.45) is 18.9 Å². The lowest BCUT2D eigenvalue weighted by Crippen LogP contribution is -2.47. The molecular weight excluding hydrogens is 270 g/mol. The van der Waals surface area contributed by atoms with E-state index in [1.807, 2.05) is 11.6 Å². The van der Waals surface area contributed by atoms with Gasteiger partial charge in [0.25, 0.3) is 0 Å². The summed E-state index contributed by atoms with van der Waals surface area (Å²) in [6.07, 6.45) is 3.66. The van der Waals surface area contributed by atoms with Gasteiger partial charge in [-0.2, -0.15) is 0 Å².